The second kappa shape index (κ2) is 7.94. The van der Waals surface area contributed by atoms with Gasteiger partial charge in [-0.25, -0.2) is 4.39 Å². The Bertz CT molecular complexity index is 535. The van der Waals surface area contributed by atoms with E-state index in [1.165, 1.54) is 25.3 Å². The zero-order chi connectivity index (χ0) is 16.8. The minimum atomic E-state index is -0.449. The molecule has 0 aliphatic rings. The van der Waals surface area contributed by atoms with Gasteiger partial charge in [-0.2, -0.15) is 0 Å². The van der Waals surface area contributed by atoms with Crippen molar-refractivity contribution in [1.82, 2.24) is 5.32 Å². The van der Waals surface area contributed by atoms with Gasteiger partial charge in [0.15, 0.2) is 11.6 Å². The number of benzene rings is 1. The van der Waals surface area contributed by atoms with E-state index < -0.39 is 5.82 Å². The van der Waals surface area contributed by atoms with Crippen LogP contribution in [0.4, 0.5) is 4.39 Å². The highest BCUT2D eigenvalue weighted by atomic mass is 19.1. The fourth-order valence-corrected chi connectivity index (χ4v) is 2.10. The predicted molar refractivity (Wildman–Crippen MR) is 85.1 cm³/mol. The maximum absolute atomic E-state index is 13.3. The van der Waals surface area contributed by atoms with Gasteiger partial charge < -0.3 is 15.2 Å². The minimum absolute atomic E-state index is 0.00864. The molecule has 122 valence electrons. The van der Waals surface area contributed by atoms with E-state index in [4.69, 9.17) is 4.74 Å². The number of rotatable bonds is 6. The molecule has 0 saturated heterocycles. The average Bonchev–Trinajstić information content (AvgIpc) is 2.44. The average molecular weight is 309 g/mol. The summed E-state index contributed by atoms with van der Waals surface area (Å²) in [4.78, 5) is 11.9. The molecule has 1 amide bonds. The number of nitrogens with one attached hydrogen (secondary N) is 1. The Hall–Kier alpha value is -1.88. The normalized spacial score (nSPS) is 13.2. The third-order valence-corrected chi connectivity index (χ3v) is 3.03. The van der Waals surface area contributed by atoms with Crippen molar-refractivity contribution < 1.29 is 19.0 Å². The quantitative estimate of drug-likeness (QED) is 0.794. The molecular weight excluding hydrogens is 285 g/mol. The number of aliphatic hydroxyl groups excluding tert-OH is 1. The van der Waals surface area contributed by atoms with Gasteiger partial charge in [-0.05, 0) is 35.6 Å². The Balaban J connectivity index is 2.67. The Morgan fingerprint density at radius 3 is 2.68 bits per heavy atom. The van der Waals surface area contributed by atoms with Gasteiger partial charge in [0.25, 0.3) is 0 Å². The smallest absolute Gasteiger partial charge is 0.244 e. The van der Waals surface area contributed by atoms with Gasteiger partial charge in [0, 0.05) is 6.08 Å². The first kappa shape index (κ1) is 18.2. The summed E-state index contributed by atoms with van der Waals surface area (Å²) >= 11 is 0. The van der Waals surface area contributed by atoms with E-state index in [1.54, 1.807) is 12.1 Å². The summed E-state index contributed by atoms with van der Waals surface area (Å²) in [5.74, 6) is -0.621. The summed E-state index contributed by atoms with van der Waals surface area (Å²) in [7, 11) is 1.39. The van der Waals surface area contributed by atoms with Crippen molar-refractivity contribution in [3.8, 4) is 5.75 Å². The number of carbonyl (C=O) groups is 1. The van der Waals surface area contributed by atoms with Gasteiger partial charge in [-0.1, -0.05) is 26.8 Å². The molecule has 1 unspecified atom stereocenters. The SMILES string of the molecule is COc1cc(/C=C/C(=O)NC(CO)CC(C)(C)C)ccc1F. The molecule has 1 atom stereocenters. The molecule has 0 aliphatic carbocycles. The fourth-order valence-electron chi connectivity index (χ4n) is 2.10. The largest absolute Gasteiger partial charge is 0.494 e. The van der Waals surface area contributed by atoms with Crippen LogP contribution < -0.4 is 10.1 Å². The van der Waals surface area contributed by atoms with Gasteiger partial charge in [-0.3, -0.25) is 4.79 Å². The molecule has 4 nitrogen and oxygen atoms in total. The maximum Gasteiger partial charge on any atom is 0.244 e. The van der Waals surface area contributed by atoms with Gasteiger partial charge in [-0.15, -0.1) is 0 Å². The second-order valence-corrected chi connectivity index (χ2v) is 6.38. The monoisotopic (exact) mass is 309 g/mol. The van der Waals surface area contributed by atoms with Crippen molar-refractivity contribution in [3.05, 3.63) is 35.7 Å². The van der Waals surface area contributed by atoms with E-state index in [1.807, 2.05) is 20.8 Å². The van der Waals surface area contributed by atoms with Gasteiger partial charge in [0.2, 0.25) is 5.91 Å². The highest BCUT2D eigenvalue weighted by Crippen LogP contribution is 2.21. The van der Waals surface area contributed by atoms with Crippen LogP contribution in [0, 0.1) is 11.2 Å². The molecule has 0 bridgehead atoms. The van der Waals surface area contributed by atoms with Crippen molar-refractivity contribution in [3.63, 3.8) is 0 Å². The van der Waals surface area contributed by atoms with Crippen LogP contribution in [-0.4, -0.2) is 30.8 Å². The molecule has 0 aliphatic heterocycles. The zero-order valence-electron chi connectivity index (χ0n) is 13.5. The molecule has 0 heterocycles. The van der Waals surface area contributed by atoms with Crippen LogP contribution in [0.25, 0.3) is 6.08 Å². The molecule has 0 fully saturated rings. The fraction of sp³-hybridized carbons (Fsp3) is 0.471. The molecule has 0 radical (unpaired) electrons. The summed E-state index contributed by atoms with van der Waals surface area (Å²) in [6.45, 7) is 6.02. The molecular formula is C17H24FNO3. The third-order valence-electron chi connectivity index (χ3n) is 3.03. The highest BCUT2D eigenvalue weighted by Gasteiger charge is 2.18. The van der Waals surface area contributed by atoms with Crippen LogP contribution >= 0.6 is 0 Å². The number of aliphatic hydroxyl groups is 1. The third kappa shape index (κ3) is 6.26. The van der Waals surface area contributed by atoms with Crippen LogP contribution in [0.3, 0.4) is 0 Å². The molecule has 22 heavy (non-hydrogen) atoms. The number of carbonyl (C=O) groups excluding carboxylic acids is 1. The molecule has 1 aromatic rings. The van der Waals surface area contributed by atoms with Crippen LogP contribution in [0.15, 0.2) is 24.3 Å². The molecule has 0 saturated carbocycles. The topological polar surface area (TPSA) is 58.6 Å². The first-order valence-electron chi connectivity index (χ1n) is 7.18. The van der Waals surface area contributed by atoms with Crippen LogP contribution in [-0.2, 0) is 4.79 Å². The van der Waals surface area contributed by atoms with Gasteiger partial charge in [0.1, 0.15) is 0 Å². The lowest BCUT2D eigenvalue weighted by atomic mass is 9.88. The van der Waals surface area contributed by atoms with E-state index >= 15 is 0 Å². The molecule has 2 N–H and O–H groups in total. The maximum atomic E-state index is 13.3. The van der Waals surface area contributed by atoms with Gasteiger partial charge >= 0.3 is 0 Å². The number of amides is 1. The van der Waals surface area contributed by atoms with Crippen LogP contribution in [0.5, 0.6) is 5.75 Å². The van der Waals surface area contributed by atoms with E-state index in [9.17, 15) is 14.3 Å². The summed E-state index contributed by atoms with van der Waals surface area (Å²) in [6, 6.07) is 4.06. The lowest BCUT2D eigenvalue weighted by molar-refractivity contribution is -0.117. The van der Waals surface area contributed by atoms with Crippen molar-refractivity contribution in [2.45, 2.75) is 33.2 Å². The van der Waals surface area contributed by atoms with E-state index in [0.717, 1.165) is 0 Å². The lowest BCUT2D eigenvalue weighted by Gasteiger charge is -2.24. The standard InChI is InChI=1S/C17H24FNO3/c1-17(2,3)10-13(11-20)19-16(21)8-6-12-5-7-14(18)15(9-12)22-4/h5-9,13,20H,10-11H2,1-4H3,(H,19,21)/b8-6+. The second-order valence-electron chi connectivity index (χ2n) is 6.38. The Labute approximate surface area is 131 Å². The summed E-state index contributed by atoms with van der Waals surface area (Å²) in [5.41, 5.74) is 0.666. The number of hydrogen-bond acceptors (Lipinski definition) is 3. The number of ether oxygens (including phenoxy) is 1. The van der Waals surface area contributed by atoms with E-state index in [0.29, 0.717) is 12.0 Å². The van der Waals surface area contributed by atoms with E-state index in [2.05, 4.69) is 5.32 Å². The Kier molecular flexibility index (Phi) is 6.56. The molecule has 0 aromatic heterocycles. The van der Waals surface area contributed by atoms with E-state index in [-0.39, 0.29) is 29.7 Å². The van der Waals surface area contributed by atoms with Crippen LogP contribution in [0.1, 0.15) is 32.8 Å². The van der Waals surface area contributed by atoms with Crippen molar-refractivity contribution in [1.29, 1.82) is 0 Å². The minimum Gasteiger partial charge on any atom is -0.494 e. The number of methoxy groups -OCH3 is 1. The van der Waals surface area contributed by atoms with Crippen molar-refractivity contribution >= 4 is 12.0 Å². The first-order valence-corrected chi connectivity index (χ1v) is 7.18. The lowest BCUT2D eigenvalue weighted by Crippen LogP contribution is -2.39. The van der Waals surface area contributed by atoms with Crippen LogP contribution in [0.2, 0.25) is 0 Å². The molecule has 5 heteroatoms. The molecule has 1 aromatic carbocycles. The number of hydrogen-bond donors (Lipinski definition) is 2. The summed E-state index contributed by atoms with van der Waals surface area (Å²) in [5, 5.41) is 12.1. The van der Waals surface area contributed by atoms with Crippen molar-refractivity contribution in [2.75, 3.05) is 13.7 Å². The first-order chi connectivity index (χ1) is 10.2. The Morgan fingerprint density at radius 2 is 2.14 bits per heavy atom. The van der Waals surface area contributed by atoms with Crippen molar-refractivity contribution in [2.24, 2.45) is 5.41 Å². The summed E-state index contributed by atoms with van der Waals surface area (Å²) in [6.07, 6.45) is 3.61. The van der Waals surface area contributed by atoms with Gasteiger partial charge in [0.05, 0.1) is 19.8 Å². The highest BCUT2D eigenvalue weighted by molar-refractivity contribution is 5.91. The predicted octanol–water partition coefficient (Wildman–Crippen LogP) is 2.76. The number of halogens is 1. The summed E-state index contributed by atoms with van der Waals surface area (Å²) < 4.78 is 18.2. The zero-order valence-corrected chi connectivity index (χ0v) is 13.5. The molecule has 1 rings (SSSR count). The molecule has 0 spiro atoms. The Morgan fingerprint density at radius 1 is 1.45 bits per heavy atom.